The van der Waals surface area contributed by atoms with Crippen molar-refractivity contribution in [3.63, 3.8) is 0 Å². The van der Waals surface area contributed by atoms with Gasteiger partial charge in [0.1, 0.15) is 0 Å². The maximum absolute atomic E-state index is 6.33. The summed E-state index contributed by atoms with van der Waals surface area (Å²) in [7, 11) is 1.97. The zero-order valence-electron chi connectivity index (χ0n) is 13.3. The Morgan fingerprint density at radius 3 is 2.19 bits per heavy atom. The van der Waals surface area contributed by atoms with Gasteiger partial charge in [-0.05, 0) is 41.6 Å². The Kier molecular flexibility index (Phi) is 5.08. The van der Waals surface area contributed by atoms with Crippen molar-refractivity contribution < 1.29 is 0 Å². The van der Waals surface area contributed by atoms with E-state index in [1.54, 1.807) is 0 Å². The number of hydrogen-bond donors (Lipinski definition) is 1. The highest BCUT2D eigenvalue weighted by atomic mass is 35.5. The van der Waals surface area contributed by atoms with Gasteiger partial charge < -0.3 is 5.32 Å². The largest absolute Gasteiger partial charge is 0.309 e. The van der Waals surface area contributed by atoms with Crippen LogP contribution in [0.4, 0.5) is 0 Å². The first-order chi connectivity index (χ1) is 9.99. The lowest BCUT2D eigenvalue weighted by Crippen LogP contribution is -2.19. The summed E-state index contributed by atoms with van der Waals surface area (Å²) in [6.45, 7) is 6.80. The molecule has 0 fully saturated rings. The molecule has 2 aromatic carbocycles. The summed E-state index contributed by atoms with van der Waals surface area (Å²) < 4.78 is 0. The van der Waals surface area contributed by atoms with Crippen LogP contribution in [0.15, 0.2) is 48.5 Å². The SMILES string of the molecule is CCC(C)(C)c1ccc(C(NC)c2ccccc2Cl)cc1. The lowest BCUT2D eigenvalue weighted by Gasteiger charge is -2.25. The number of nitrogens with one attached hydrogen (secondary N) is 1. The molecule has 0 amide bonds. The second-order valence-corrected chi connectivity index (χ2v) is 6.51. The molecule has 1 unspecified atom stereocenters. The van der Waals surface area contributed by atoms with Gasteiger partial charge in [-0.3, -0.25) is 0 Å². The number of hydrogen-bond acceptors (Lipinski definition) is 1. The molecular weight excluding hydrogens is 278 g/mol. The lowest BCUT2D eigenvalue weighted by atomic mass is 9.81. The van der Waals surface area contributed by atoms with Crippen molar-refractivity contribution in [2.24, 2.45) is 0 Å². The van der Waals surface area contributed by atoms with Gasteiger partial charge in [0.15, 0.2) is 0 Å². The monoisotopic (exact) mass is 301 g/mol. The van der Waals surface area contributed by atoms with E-state index in [-0.39, 0.29) is 11.5 Å². The minimum atomic E-state index is 0.123. The van der Waals surface area contributed by atoms with Crippen LogP contribution in [0.2, 0.25) is 5.02 Å². The summed E-state index contributed by atoms with van der Waals surface area (Å²) in [6, 6.07) is 17.0. The Morgan fingerprint density at radius 1 is 1.05 bits per heavy atom. The van der Waals surface area contributed by atoms with Gasteiger partial charge >= 0.3 is 0 Å². The third-order valence-corrected chi connectivity index (χ3v) is 4.76. The minimum Gasteiger partial charge on any atom is -0.309 e. The van der Waals surface area contributed by atoms with E-state index in [0.29, 0.717) is 0 Å². The Labute approximate surface area is 133 Å². The van der Waals surface area contributed by atoms with Crippen LogP contribution in [0.5, 0.6) is 0 Å². The minimum absolute atomic E-state index is 0.123. The Bertz CT molecular complexity index is 587. The Morgan fingerprint density at radius 2 is 1.67 bits per heavy atom. The van der Waals surface area contributed by atoms with E-state index in [0.717, 1.165) is 17.0 Å². The average molecular weight is 302 g/mol. The van der Waals surface area contributed by atoms with Crippen molar-refractivity contribution >= 4 is 11.6 Å². The molecule has 0 spiro atoms. The molecule has 21 heavy (non-hydrogen) atoms. The Hall–Kier alpha value is -1.31. The smallest absolute Gasteiger partial charge is 0.0589 e. The van der Waals surface area contributed by atoms with Crippen molar-refractivity contribution in [2.45, 2.75) is 38.6 Å². The van der Waals surface area contributed by atoms with Gasteiger partial charge in [0.05, 0.1) is 6.04 Å². The van der Waals surface area contributed by atoms with E-state index in [2.05, 4.69) is 56.4 Å². The van der Waals surface area contributed by atoms with E-state index >= 15 is 0 Å². The third kappa shape index (κ3) is 3.48. The fourth-order valence-electron chi connectivity index (χ4n) is 2.54. The zero-order chi connectivity index (χ0) is 15.5. The van der Waals surface area contributed by atoms with E-state index < -0.39 is 0 Å². The lowest BCUT2D eigenvalue weighted by molar-refractivity contribution is 0.506. The van der Waals surface area contributed by atoms with Crippen LogP contribution in [0.25, 0.3) is 0 Å². The first-order valence-corrected chi connectivity index (χ1v) is 7.89. The summed E-state index contributed by atoms with van der Waals surface area (Å²) in [5.41, 5.74) is 3.95. The molecule has 1 atom stereocenters. The number of rotatable bonds is 5. The molecule has 0 heterocycles. The number of benzene rings is 2. The molecule has 1 nitrogen and oxygen atoms in total. The summed E-state index contributed by atoms with van der Waals surface area (Å²) in [5, 5.41) is 4.16. The maximum Gasteiger partial charge on any atom is 0.0589 e. The maximum atomic E-state index is 6.33. The molecule has 2 rings (SSSR count). The van der Waals surface area contributed by atoms with Gasteiger partial charge in [0.25, 0.3) is 0 Å². The van der Waals surface area contributed by atoms with Gasteiger partial charge in [-0.2, -0.15) is 0 Å². The third-order valence-electron chi connectivity index (χ3n) is 4.41. The fraction of sp³-hybridized carbons (Fsp3) is 0.368. The molecule has 0 aromatic heterocycles. The molecule has 0 saturated heterocycles. The molecule has 112 valence electrons. The highest BCUT2D eigenvalue weighted by Gasteiger charge is 2.19. The van der Waals surface area contributed by atoms with E-state index in [1.165, 1.54) is 11.1 Å². The van der Waals surface area contributed by atoms with Crippen LogP contribution in [-0.4, -0.2) is 7.05 Å². The predicted octanol–water partition coefficient (Wildman–Crippen LogP) is 5.34. The van der Waals surface area contributed by atoms with E-state index in [9.17, 15) is 0 Å². The molecular formula is C19H24ClN. The van der Waals surface area contributed by atoms with Gasteiger partial charge in [-0.1, -0.05) is 74.8 Å². The molecule has 2 heteroatoms. The van der Waals surface area contributed by atoms with Crippen LogP contribution in [0.3, 0.4) is 0 Å². The summed E-state index contributed by atoms with van der Waals surface area (Å²) >= 11 is 6.33. The van der Waals surface area contributed by atoms with Crippen LogP contribution < -0.4 is 5.32 Å². The fourth-order valence-corrected chi connectivity index (χ4v) is 2.79. The van der Waals surface area contributed by atoms with Gasteiger partial charge in [0.2, 0.25) is 0 Å². The zero-order valence-corrected chi connectivity index (χ0v) is 14.0. The summed E-state index contributed by atoms with van der Waals surface area (Å²) in [4.78, 5) is 0. The molecule has 0 aliphatic heterocycles. The molecule has 1 N–H and O–H groups in total. The number of halogens is 1. The standard InChI is InChI=1S/C19H24ClN/c1-5-19(2,3)15-12-10-14(11-13-15)18(21-4)16-8-6-7-9-17(16)20/h6-13,18,21H,5H2,1-4H3. The van der Waals surface area contributed by atoms with Gasteiger partial charge in [-0.15, -0.1) is 0 Å². The Balaban J connectivity index is 2.34. The normalized spacial score (nSPS) is 13.2. The molecule has 0 saturated carbocycles. The predicted molar refractivity (Wildman–Crippen MR) is 92.1 cm³/mol. The van der Waals surface area contributed by atoms with E-state index in [1.807, 2.05) is 25.2 Å². The second-order valence-electron chi connectivity index (χ2n) is 6.10. The van der Waals surface area contributed by atoms with E-state index in [4.69, 9.17) is 11.6 Å². The van der Waals surface area contributed by atoms with Crippen molar-refractivity contribution in [1.29, 1.82) is 0 Å². The molecule has 0 aliphatic carbocycles. The van der Waals surface area contributed by atoms with Crippen LogP contribution in [0, 0.1) is 0 Å². The average Bonchev–Trinajstić information content (AvgIpc) is 2.50. The first-order valence-electron chi connectivity index (χ1n) is 7.51. The van der Waals surface area contributed by atoms with Gasteiger partial charge in [-0.25, -0.2) is 0 Å². The molecule has 0 bridgehead atoms. The highest BCUT2D eigenvalue weighted by molar-refractivity contribution is 6.31. The van der Waals surface area contributed by atoms with Crippen LogP contribution >= 0.6 is 11.6 Å². The van der Waals surface area contributed by atoms with Crippen molar-refractivity contribution in [2.75, 3.05) is 7.05 Å². The van der Waals surface area contributed by atoms with Gasteiger partial charge in [0, 0.05) is 5.02 Å². The second kappa shape index (κ2) is 6.64. The van der Waals surface area contributed by atoms with Crippen molar-refractivity contribution in [3.05, 3.63) is 70.2 Å². The quantitative estimate of drug-likeness (QED) is 0.786. The highest BCUT2D eigenvalue weighted by Crippen LogP contribution is 2.31. The molecule has 0 aliphatic rings. The van der Waals surface area contributed by atoms with Crippen molar-refractivity contribution in [1.82, 2.24) is 5.32 Å². The van der Waals surface area contributed by atoms with Crippen LogP contribution in [0.1, 0.15) is 49.9 Å². The molecule has 2 aromatic rings. The summed E-state index contributed by atoms with van der Waals surface area (Å²) in [5.74, 6) is 0. The molecule has 0 radical (unpaired) electrons. The van der Waals surface area contributed by atoms with Crippen molar-refractivity contribution in [3.8, 4) is 0 Å². The van der Waals surface area contributed by atoms with Crippen LogP contribution in [-0.2, 0) is 5.41 Å². The summed E-state index contributed by atoms with van der Waals surface area (Å²) in [6.07, 6.45) is 1.13. The first kappa shape index (κ1) is 16.1. The topological polar surface area (TPSA) is 12.0 Å².